The molecule has 0 aliphatic rings. The Morgan fingerprint density at radius 1 is 1.15 bits per heavy atom. The van der Waals surface area contributed by atoms with Gasteiger partial charge in [-0.05, 0) is 27.2 Å². The van der Waals surface area contributed by atoms with Crippen LogP contribution in [0.5, 0.6) is 11.5 Å². The molecule has 3 aromatic rings. The summed E-state index contributed by atoms with van der Waals surface area (Å²) in [6, 6.07) is 3.68. The highest BCUT2D eigenvalue weighted by Gasteiger charge is 2.18. The van der Waals surface area contributed by atoms with Crippen LogP contribution in [0.2, 0.25) is 0 Å². The average molecular weight is 467 g/mol. The highest BCUT2D eigenvalue weighted by atomic mass is 16.6. The van der Waals surface area contributed by atoms with Gasteiger partial charge in [-0.25, -0.2) is 14.8 Å². The van der Waals surface area contributed by atoms with Crippen LogP contribution in [0.15, 0.2) is 30.9 Å². The molecule has 34 heavy (non-hydrogen) atoms. The lowest BCUT2D eigenvalue weighted by molar-refractivity contribution is 0.0525. The van der Waals surface area contributed by atoms with Gasteiger partial charge in [-0.1, -0.05) is 0 Å². The van der Waals surface area contributed by atoms with Crippen molar-refractivity contribution in [3.05, 3.63) is 36.5 Å². The molecule has 12 heteroatoms. The zero-order valence-electron chi connectivity index (χ0n) is 19.4. The first-order chi connectivity index (χ1) is 16.3. The van der Waals surface area contributed by atoms with Crippen molar-refractivity contribution in [2.24, 2.45) is 0 Å². The van der Waals surface area contributed by atoms with Gasteiger partial charge in [0.05, 0.1) is 49.8 Å². The van der Waals surface area contributed by atoms with Crippen molar-refractivity contribution in [2.75, 3.05) is 25.6 Å². The molecule has 0 spiro atoms. The summed E-state index contributed by atoms with van der Waals surface area (Å²) >= 11 is 0. The highest BCUT2D eigenvalue weighted by Crippen LogP contribution is 2.37. The number of H-pyrrole nitrogens is 1. The normalized spacial score (nSPS) is 10.8. The zero-order chi connectivity index (χ0) is 24.6. The Balaban J connectivity index is 1.64. The lowest BCUT2D eigenvalue weighted by atomic mass is 10.1. The summed E-state index contributed by atoms with van der Waals surface area (Å²) < 4.78 is 16.6. The maximum atomic E-state index is 11.7. The van der Waals surface area contributed by atoms with Crippen LogP contribution in [0, 0.1) is 11.3 Å². The average Bonchev–Trinajstić information content (AvgIpc) is 3.25. The maximum Gasteiger partial charge on any atom is 0.407 e. The number of alkyl carbamates (subject to hydrolysis) is 1. The van der Waals surface area contributed by atoms with Gasteiger partial charge in [0.25, 0.3) is 0 Å². The number of anilines is 2. The van der Waals surface area contributed by atoms with Crippen molar-refractivity contribution < 1.29 is 19.0 Å². The molecule has 178 valence electrons. The van der Waals surface area contributed by atoms with Gasteiger partial charge in [0.2, 0.25) is 0 Å². The number of carbonyl (C=O) groups is 1. The van der Waals surface area contributed by atoms with E-state index in [-0.39, 0.29) is 5.69 Å². The van der Waals surface area contributed by atoms with E-state index in [0.29, 0.717) is 54.0 Å². The predicted molar refractivity (Wildman–Crippen MR) is 123 cm³/mol. The molecule has 3 aromatic heterocycles. The Morgan fingerprint density at radius 2 is 1.94 bits per heavy atom. The standard InChI is InChI=1S/C22H26N8O4/c1-22(2,3)34-21(31)25-6-5-7-33-17-12-24-11-16(32-4)20(17)15-8-18(30-29-15)28-19-13-26-14(9-23)10-27-19/h8,10-13H,5-7H2,1-4H3,(H,25,31)(H2,27,28,29,30). The maximum absolute atomic E-state index is 11.7. The molecule has 0 bridgehead atoms. The van der Waals surface area contributed by atoms with E-state index in [1.54, 1.807) is 39.2 Å². The molecule has 0 radical (unpaired) electrons. The number of hydrogen-bond acceptors (Lipinski definition) is 10. The molecule has 0 unspecified atom stereocenters. The van der Waals surface area contributed by atoms with Crippen LogP contribution in [0.25, 0.3) is 11.3 Å². The van der Waals surface area contributed by atoms with Crippen molar-refractivity contribution in [1.29, 1.82) is 5.26 Å². The van der Waals surface area contributed by atoms with Gasteiger partial charge in [0.15, 0.2) is 17.3 Å². The molecule has 0 saturated heterocycles. The molecule has 3 N–H and O–H groups in total. The minimum atomic E-state index is -0.549. The van der Waals surface area contributed by atoms with Gasteiger partial charge in [-0.15, -0.1) is 0 Å². The van der Waals surface area contributed by atoms with E-state index >= 15 is 0 Å². The molecule has 0 aromatic carbocycles. The third-order valence-electron chi connectivity index (χ3n) is 4.21. The summed E-state index contributed by atoms with van der Waals surface area (Å²) in [6.45, 7) is 6.15. The summed E-state index contributed by atoms with van der Waals surface area (Å²) in [4.78, 5) is 24.0. The van der Waals surface area contributed by atoms with E-state index in [9.17, 15) is 4.79 Å². The Kier molecular flexibility index (Phi) is 7.81. The molecular formula is C22H26N8O4. The van der Waals surface area contributed by atoms with Gasteiger partial charge in [0.1, 0.15) is 23.2 Å². The molecular weight excluding hydrogens is 440 g/mol. The second-order valence-electron chi connectivity index (χ2n) is 8.04. The minimum Gasteiger partial charge on any atom is -0.494 e. The van der Waals surface area contributed by atoms with Crippen LogP contribution >= 0.6 is 0 Å². The van der Waals surface area contributed by atoms with Crippen molar-refractivity contribution in [1.82, 2.24) is 30.5 Å². The Hall–Kier alpha value is -4.40. The number of ether oxygens (including phenoxy) is 3. The Bertz CT molecular complexity index is 1150. The van der Waals surface area contributed by atoms with Crippen LogP contribution in [0.4, 0.5) is 16.4 Å². The Labute approximate surface area is 196 Å². The molecule has 0 saturated carbocycles. The van der Waals surface area contributed by atoms with E-state index in [4.69, 9.17) is 19.5 Å². The lowest BCUT2D eigenvalue weighted by Gasteiger charge is -2.19. The topological polar surface area (TPSA) is 160 Å². The van der Waals surface area contributed by atoms with E-state index < -0.39 is 11.7 Å². The van der Waals surface area contributed by atoms with Crippen LogP contribution in [0.1, 0.15) is 32.9 Å². The second-order valence-corrected chi connectivity index (χ2v) is 8.04. The van der Waals surface area contributed by atoms with Gasteiger partial charge < -0.3 is 24.8 Å². The largest absolute Gasteiger partial charge is 0.494 e. The minimum absolute atomic E-state index is 0.220. The molecule has 0 fully saturated rings. The zero-order valence-corrected chi connectivity index (χ0v) is 19.4. The van der Waals surface area contributed by atoms with Crippen molar-refractivity contribution in [2.45, 2.75) is 32.8 Å². The quantitative estimate of drug-likeness (QED) is 0.400. The number of nitrogens with zero attached hydrogens (tertiary/aromatic N) is 5. The monoisotopic (exact) mass is 466 g/mol. The predicted octanol–water partition coefficient (Wildman–Crippen LogP) is 3.18. The summed E-state index contributed by atoms with van der Waals surface area (Å²) in [6.07, 6.45) is 6.06. The molecule has 0 atom stereocenters. The second kappa shape index (κ2) is 11.0. The summed E-state index contributed by atoms with van der Waals surface area (Å²) in [7, 11) is 1.54. The summed E-state index contributed by atoms with van der Waals surface area (Å²) in [5.74, 6) is 1.91. The van der Waals surface area contributed by atoms with Gasteiger partial charge in [-0.2, -0.15) is 10.4 Å². The number of pyridine rings is 1. The van der Waals surface area contributed by atoms with Gasteiger partial charge in [0, 0.05) is 12.6 Å². The SMILES string of the molecule is COc1cncc(OCCCNC(=O)OC(C)(C)C)c1-c1cc(Nc2cnc(C#N)cn2)n[nH]1. The number of hydrogen-bond donors (Lipinski definition) is 3. The number of carbonyl (C=O) groups excluding carboxylic acids is 1. The first kappa shape index (κ1) is 24.2. The summed E-state index contributed by atoms with van der Waals surface area (Å²) in [5.41, 5.74) is 0.943. The lowest BCUT2D eigenvalue weighted by Crippen LogP contribution is -2.33. The third-order valence-corrected chi connectivity index (χ3v) is 4.21. The van der Waals surface area contributed by atoms with Crippen LogP contribution in [-0.2, 0) is 4.74 Å². The smallest absolute Gasteiger partial charge is 0.407 e. The van der Waals surface area contributed by atoms with E-state index in [2.05, 4.69) is 35.8 Å². The van der Waals surface area contributed by atoms with Crippen molar-refractivity contribution >= 4 is 17.7 Å². The van der Waals surface area contributed by atoms with E-state index in [1.807, 2.05) is 6.07 Å². The molecule has 12 nitrogen and oxygen atoms in total. The third kappa shape index (κ3) is 6.80. The first-order valence-electron chi connectivity index (χ1n) is 10.5. The molecule has 3 heterocycles. The number of nitrogens with one attached hydrogen (secondary N) is 3. The van der Waals surface area contributed by atoms with Crippen LogP contribution < -0.4 is 20.1 Å². The van der Waals surface area contributed by atoms with Crippen molar-refractivity contribution in [3.63, 3.8) is 0 Å². The number of amides is 1. The molecule has 0 aliphatic heterocycles. The fourth-order valence-corrected chi connectivity index (χ4v) is 2.81. The number of nitriles is 1. The number of aromatic amines is 1. The van der Waals surface area contributed by atoms with E-state index in [0.717, 1.165) is 0 Å². The van der Waals surface area contributed by atoms with Crippen molar-refractivity contribution in [3.8, 4) is 28.8 Å². The number of rotatable bonds is 9. The summed E-state index contributed by atoms with van der Waals surface area (Å²) in [5, 5.41) is 21.7. The fraction of sp³-hybridized carbons (Fsp3) is 0.364. The van der Waals surface area contributed by atoms with Crippen LogP contribution in [-0.4, -0.2) is 57.1 Å². The molecule has 3 rings (SSSR count). The highest BCUT2D eigenvalue weighted by molar-refractivity contribution is 5.75. The fourth-order valence-electron chi connectivity index (χ4n) is 2.81. The number of aromatic nitrogens is 5. The first-order valence-corrected chi connectivity index (χ1v) is 10.5. The van der Waals surface area contributed by atoms with Crippen LogP contribution in [0.3, 0.4) is 0 Å². The van der Waals surface area contributed by atoms with Gasteiger partial charge in [-0.3, -0.25) is 10.1 Å². The molecule has 0 aliphatic carbocycles. The van der Waals surface area contributed by atoms with Gasteiger partial charge >= 0.3 is 6.09 Å². The van der Waals surface area contributed by atoms with E-state index in [1.165, 1.54) is 19.5 Å². The number of methoxy groups -OCH3 is 1. The Morgan fingerprint density at radius 3 is 2.62 bits per heavy atom. The molecule has 1 amide bonds.